The topological polar surface area (TPSA) is 53.1 Å². The summed E-state index contributed by atoms with van der Waals surface area (Å²) in [7, 11) is 0. The molecule has 2 N–H and O–H groups in total. The summed E-state index contributed by atoms with van der Waals surface area (Å²) in [4.78, 5) is 4.55. The van der Waals surface area contributed by atoms with Gasteiger partial charge in [0.05, 0.1) is 0 Å². The van der Waals surface area contributed by atoms with E-state index in [0.717, 1.165) is 39.0 Å². The predicted molar refractivity (Wildman–Crippen MR) is 61.2 cm³/mol. The molecule has 0 radical (unpaired) electrons. The van der Waals surface area contributed by atoms with Crippen LogP contribution in [-0.4, -0.2) is 28.8 Å². The first-order valence-corrected chi connectivity index (χ1v) is 6.19. The molecule has 3 heterocycles. The molecule has 0 amide bonds. The Morgan fingerprint density at radius 1 is 1.50 bits per heavy atom. The minimum absolute atomic E-state index is 0.326. The zero-order valence-electron chi connectivity index (χ0n) is 9.56. The van der Waals surface area contributed by atoms with Crippen LogP contribution in [0.15, 0.2) is 6.20 Å². The lowest BCUT2D eigenvalue weighted by atomic mass is 10.0. The number of nitrogens with zero attached hydrogens (tertiary/aromatic N) is 2. The molecule has 2 aliphatic heterocycles. The summed E-state index contributed by atoms with van der Waals surface area (Å²) >= 11 is 0. The molecule has 0 aliphatic carbocycles. The Morgan fingerprint density at radius 2 is 2.44 bits per heavy atom. The molecule has 1 aromatic heterocycles. The standard InChI is InChI=1S/C12H19N3O/c13-10-1-3-15-11(6-10)7-14-12(15)5-9-2-4-16-8-9/h7,9-10H,1-6,8,13H2. The average molecular weight is 221 g/mol. The summed E-state index contributed by atoms with van der Waals surface area (Å²) in [6.45, 7) is 2.87. The van der Waals surface area contributed by atoms with E-state index in [4.69, 9.17) is 10.5 Å². The summed E-state index contributed by atoms with van der Waals surface area (Å²) in [6, 6.07) is 0.326. The Balaban J connectivity index is 1.75. The maximum atomic E-state index is 5.96. The van der Waals surface area contributed by atoms with Crippen molar-refractivity contribution in [2.45, 2.75) is 38.3 Å². The van der Waals surface area contributed by atoms with Crippen molar-refractivity contribution in [2.24, 2.45) is 11.7 Å². The normalized spacial score (nSPS) is 29.3. The van der Waals surface area contributed by atoms with Gasteiger partial charge in [-0.05, 0) is 18.8 Å². The van der Waals surface area contributed by atoms with Crippen LogP contribution in [0, 0.1) is 5.92 Å². The van der Waals surface area contributed by atoms with Gasteiger partial charge in [-0.2, -0.15) is 0 Å². The molecule has 1 saturated heterocycles. The number of hydrogen-bond acceptors (Lipinski definition) is 3. The first-order chi connectivity index (χ1) is 7.83. The molecule has 2 aliphatic rings. The second kappa shape index (κ2) is 4.18. The molecule has 0 bridgehead atoms. The lowest BCUT2D eigenvalue weighted by molar-refractivity contribution is 0.185. The van der Waals surface area contributed by atoms with Crippen molar-refractivity contribution in [3.8, 4) is 0 Å². The van der Waals surface area contributed by atoms with Crippen molar-refractivity contribution >= 4 is 0 Å². The van der Waals surface area contributed by atoms with Gasteiger partial charge in [0.15, 0.2) is 0 Å². The predicted octanol–water partition coefficient (Wildman–Crippen LogP) is 0.736. The van der Waals surface area contributed by atoms with Crippen LogP contribution in [0.2, 0.25) is 0 Å². The first-order valence-electron chi connectivity index (χ1n) is 6.19. The molecule has 1 fully saturated rings. The molecule has 4 heteroatoms. The molecule has 0 spiro atoms. The van der Waals surface area contributed by atoms with Gasteiger partial charge in [-0.1, -0.05) is 0 Å². The summed E-state index contributed by atoms with van der Waals surface area (Å²) < 4.78 is 7.77. The first kappa shape index (κ1) is 10.3. The number of nitrogens with two attached hydrogens (primary N) is 1. The van der Waals surface area contributed by atoms with Crippen LogP contribution in [-0.2, 0) is 24.1 Å². The largest absolute Gasteiger partial charge is 0.381 e. The monoisotopic (exact) mass is 221 g/mol. The van der Waals surface area contributed by atoms with Gasteiger partial charge < -0.3 is 15.0 Å². The molecule has 3 rings (SSSR count). The second-order valence-corrected chi connectivity index (χ2v) is 5.00. The Labute approximate surface area is 95.8 Å². The second-order valence-electron chi connectivity index (χ2n) is 5.00. The van der Waals surface area contributed by atoms with Crippen molar-refractivity contribution in [3.05, 3.63) is 17.7 Å². The Bertz CT molecular complexity index is 368. The molecule has 0 saturated carbocycles. The Kier molecular flexibility index (Phi) is 2.69. The fourth-order valence-corrected chi connectivity index (χ4v) is 2.72. The van der Waals surface area contributed by atoms with Crippen molar-refractivity contribution in [3.63, 3.8) is 0 Å². The van der Waals surface area contributed by atoms with E-state index in [0.29, 0.717) is 12.0 Å². The summed E-state index contributed by atoms with van der Waals surface area (Å²) in [5.41, 5.74) is 7.27. The zero-order chi connectivity index (χ0) is 11.0. The van der Waals surface area contributed by atoms with Crippen LogP contribution in [0.3, 0.4) is 0 Å². The third kappa shape index (κ3) is 1.87. The van der Waals surface area contributed by atoms with E-state index >= 15 is 0 Å². The molecular weight excluding hydrogens is 202 g/mol. The van der Waals surface area contributed by atoms with E-state index in [1.54, 1.807) is 0 Å². The van der Waals surface area contributed by atoms with E-state index in [1.165, 1.54) is 17.9 Å². The Hall–Kier alpha value is -0.870. The van der Waals surface area contributed by atoms with E-state index in [9.17, 15) is 0 Å². The lowest BCUT2D eigenvalue weighted by Crippen LogP contribution is -2.31. The van der Waals surface area contributed by atoms with E-state index in [2.05, 4.69) is 9.55 Å². The number of hydrogen-bond donors (Lipinski definition) is 1. The Morgan fingerprint density at radius 3 is 3.25 bits per heavy atom. The maximum Gasteiger partial charge on any atom is 0.109 e. The smallest absolute Gasteiger partial charge is 0.109 e. The molecule has 1 aromatic rings. The maximum absolute atomic E-state index is 5.96. The van der Waals surface area contributed by atoms with Crippen LogP contribution in [0.1, 0.15) is 24.4 Å². The summed E-state index contributed by atoms with van der Waals surface area (Å²) in [6.07, 6.45) is 6.31. The van der Waals surface area contributed by atoms with E-state index < -0.39 is 0 Å². The van der Waals surface area contributed by atoms with E-state index in [-0.39, 0.29) is 0 Å². The molecule has 2 unspecified atom stereocenters. The molecule has 88 valence electrons. The molecule has 0 aromatic carbocycles. The van der Waals surface area contributed by atoms with Gasteiger partial charge in [-0.3, -0.25) is 0 Å². The molecule has 2 atom stereocenters. The van der Waals surface area contributed by atoms with Gasteiger partial charge in [-0.25, -0.2) is 4.98 Å². The van der Waals surface area contributed by atoms with Gasteiger partial charge in [-0.15, -0.1) is 0 Å². The molecule has 4 nitrogen and oxygen atoms in total. The van der Waals surface area contributed by atoms with Crippen LogP contribution in [0.5, 0.6) is 0 Å². The highest BCUT2D eigenvalue weighted by atomic mass is 16.5. The van der Waals surface area contributed by atoms with Gasteiger partial charge in [0.25, 0.3) is 0 Å². The highest BCUT2D eigenvalue weighted by molar-refractivity contribution is 5.10. The van der Waals surface area contributed by atoms with Crippen molar-refractivity contribution in [1.82, 2.24) is 9.55 Å². The van der Waals surface area contributed by atoms with Gasteiger partial charge in [0, 0.05) is 50.5 Å². The van der Waals surface area contributed by atoms with Gasteiger partial charge in [0.1, 0.15) is 5.82 Å². The van der Waals surface area contributed by atoms with Crippen LogP contribution in [0.25, 0.3) is 0 Å². The fourth-order valence-electron chi connectivity index (χ4n) is 2.72. The van der Waals surface area contributed by atoms with Crippen molar-refractivity contribution in [2.75, 3.05) is 13.2 Å². The van der Waals surface area contributed by atoms with Crippen molar-refractivity contribution < 1.29 is 4.74 Å². The van der Waals surface area contributed by atoms with Crippen LogP contribution in [0.4, 0.5) is 0 Å². The minimum atomic E-state index is 0.326. The fraction of sp³-hybridized carbons (Fsp3) is 0.750. The third-order valence-corrected chi connectivity index (χ3v) is 3.71. The third-order valence-electron chi connectivity index (χ3n) is 3.71. The minimum Gasteiger partial charge on any atom is -0.381 e. The van der Waals surface area contributed by atoms with Gasteiger partial charge in [0.2, 0.25) is 0 Å². The molecule has 16 heavy (non-hydrogen) atoms. The van der Waals surface area contributed by atoms with Crippen molar-refractivity contribution in [1.29, 1.82) is 0 Å². The SMILES string of the molecule is NC1CCn2c(cnc2CC2CCOC2)C1. The number of ether oxygens (including phenoxy) is 1. The van der Waals surface area contributed by atoms with Crippen LogP contribution < -0.4 is 5.73 Å². The summed E-state index contributed by atoms with van der Waals surface area (Å²) in [5.74, 6) is 1.90. The highest BCUT2D eigenvalue weighted by Crippen LogP contribution is 2.21. The lowest BCUT2D eigenvalue weighted by Gasteiger charge is -2.22. The number of aromatic nitrogens is 2. The zero-order valence-corrected chi connectivity index (χ0v) is 9.56. The number of fused-ring (bicyclic) bond motifs is 1. The highest BCUT2D eigenvalue weighted by Gasteiger charge is 2.22. The quantitative estimate of drug-likeness (QED) is 0.801. The summed E-state index contributed by atoms with van der Waals surface area (Å²) in [5, 5.41) is 0. The average Bonchev–Trinajstić information content (AvgIpc) is 2.89. The van der Waals surface area contributed by atoms with Gasteiger partial charge >= 0.3 is 0 Å². The van der Waals surface area contributed by atoms with E-state index in [1.807, 2.05) is 6.20 Å². The number of rotatable bonds is 2. The molecular formula is C12H19N3O. The number of imidazole rings is 1. The van der Waals surface area contributed by atoms with Crippen LogP contribution >= 0.6 is 0 Å².